The number of nitrogens with two attached hydrogens (primary N) is 1. The van der Waals surface area contributed by atoms with Crippen molar-refractivity contribution in [2.24, 2.45) is 5.73 Å². The van der Waals surface area contributed by atoms with Crippen LogP contribution in [0.25, 0.3) is 11.3 Å². The van der Waals surface area contributed by atoms with Crippen molar-refractivity contribution in [3.05, 3.63) is 47.2 Å². The molecular formula is C20H24N4O. The lowest BCUT2D eigenvalue weighted by Gasteiger charge is -2.29. The normalized spacial score (nSPS) is 18.0. The Balaban J connectivity index is 1.56. The second kappa shape index (κ2) is 6.92. The first-order chi connectivity index (χ1) is 12.2. The van der Waals surface area contributed by atoms with E-state index in [0.29, 0.717) is 18.8 Å². The summed E-state index contributed by atoms with van der Waals surface area (Å²) in [5.41, 5.74) is 11.2. The van der Waals surface area contributed by atoms with Crippen molar-refractivity contribution < 1.29 is 4.79 Å². The first-order valence-electron chi connectivity index (χ1n) is 9.22. The van der Waals surface area contributed by atoms with E-state index in [9.17, 15) is 4.79 Å². The summed E-state index contributed by atoms with van der Waals surface area (Å²) in [5.74, 6) is -0.0407. The maximum Gasteiger partial charge on any atom is 0.274 e. The van der Waals surface area contributed by atoms with E-state index in [4.69, 9.17) is 5.73 Å². The number of likely N-dealkylation sites (tertiary alicyclic amines) is 1. The number of aromatic nitrogens is 2. The predicted molar refractivity (Wildman–Crippen MR) is 97.2 cm³/mol. The molecule has 2 N–H and O–H groups in total. The average molecular weight is 336 g/mol. The number of amides is 1. The standard InChI is InChI=1S/C20H24N4O/c21-15-10-12-24(13-11-15)20(25)19-9-8-18(22-23-19)17-7-3-5-14-4-1-2-6-16(14)17/h3,5,7-9,15H,1-2,4,6,10-13,21H2. The minimum atomic E-state index is -0.0407. The van der Waals surface area contributed by atoms with E-state index in [-0.39, 0.29) is 11.9 Å². The van der Waals surface area contributed by atoms with Crippen molar-refractivity contribution in [3.8, 4) is 11.3 Å². The largest absolute Gasteiger partial charge is 0.337 e. The fourth-order valence-electron chi connectivity index (χ4n) is 3.88. The van der Waals surface area contributed by atoms with E-state index in [1.165, 1.54) is 24.0 Å². The molecule has 0 bridgehead atoms. The molecule has 0 spiro atoms. The van der Waals surface area contributed by atoms with Crippen LogP contribution in [0.3, 0.4) is 0 Å². The third-order valence-electron chi connectivity index (χ3n) is 5.38. The highest BCUT2D eigenvalue weighted by Gasteiger charge is 2.23. The van der Waals surface area contributed by atoms with Crippen LogP contribution in [0.1, 0.15) is 47.3 Å². The number of carbonyl (C=O) groups excluding carboxylic acids is 1. The van der Waals surface area contributed by atoms with Crippen LogP contribution in [0.15, 0.2) is 30.3 Å². The van der Waals surface area contributed by atoms with Gasteiger partial charge in [0.15, 0.2) is 5.69 Å². The number of piperidine rings is 1. The molecule has 5 heteroatoms. The molecule has 4 rings (SSSR count). The molecule has 1 aliphatic heterocycles. The van der Waals surface area contributed by atoms with Crippen LogP contribution in [0.2, 0.25) is 0 Å². The van der Waals surface area contributed by atoms with Gasteiger partial charge in [-0.25, -0.2) is 0 Å². The van der Waals surface area contributed by atoms with Gasteiger partial charge in [-0.3, -0.25) is 4.79 Å². The molecule has 0 unspecified atom stereocenters. The summed E-state index contributed by atoms with van der Waals surface area (Å²) >= 11 is 0. The summed E-state index contributed by atoms with van der Waals surface area (Å²) in [6.45, 7) is 1.41. The molecule has 5 nitrogen and oxygen atoms in total. The lowest BCUT2D eigenvalue weighted by atomic mass is 9.87. The van der Waals surface area contributed by atoms with Crippen molar-refractivity contribution in [2.45, 2.75) is 44.6 Å². The van der Waals surface area contributed by atoms with E-state index in [1.807, 2.05) is 11.0 Å². The summed E-state index contributed by atoms with van der Waals surface area (Å²) in [6.07, 6.45) is 6.44. The Bertz CT molecular complexity index is 764. The third kappa shape index (κ3) is 3.29. The Kier molecular flexibility index (Phi) is 4.49. The van der Waals surface area contributed by atoms with Gasteiger partial charge in [0.05, 0.1) is 5.69 Å². The van der Waals surface area contributed by atoms with Gasteiger partial charge in [-0.1, -0.05) is 18.2 Å². The quantitative estimate of drug-likeness (QED) is 0.915. The number of benzene rings is 1. The fourth-order valence-corrected chi connectivity index (χ4v) is 3.88. The fraction of sp³-hybridized carbons (Fsp3) is 0.450. The van der Waals surface area contributed by atoms with Gasteiger partial charge in [0.1, 0.15) is 0 Å². The zero-order valence-corrected chi connectivity index (χ0v) is 14.4. The number of nitrogens with zero attached hydrogens (tertiary/aromatic N) is 3. The third-order valence-corrected chi connectivity index (χ3v) is 5.38. The van der Waals surface area contributed by atoms with Crippen molar-refractivity contribution in [1.29, 1.82) is 0 Å². The van der Waals surface area contributed by atoms with E-state index in [2.05, 4.69) is 28.4 Å². The Morgan fingerprint density at radius 1 is 1.04 bits per heavy atom. The lowest BCUT2D eigenvalue weighted by molar-refractivity contribution is 0.0707. The molecule has 1 aromatic carbocycles. The van der Waals surface area contributed by atoms with E-state index in [1.54, 1.807) is 6.07 Å². The van der Waals surface area contributed by atoms with E-state index < -0.39 is 0 Å². The number of aryl methyl sites for hydroxylation is 1. The van der Waals surface area contributed by atoms with E-state index in [0.717, 1.165) is 36.9 Å². The molecule has 0 saturated carbocycles. The molecule has 1 amide bonds. The summed E-state index contributed by atoms with van der Waals surface area (Å²) in [6, 6.07) is 10.4. The van der Waals surface area contributed by atoms with Gasteiger partial charge in [0, 0.05) is 24.7 Å². The zero-order valence-electron chi connectivity index (χ0n) is 14.4. The molecule has 0 radical (unpaired) electrons. The molecule has 1 aromatic heterocycles. The van der Waals surface area contributed by atoms with Crippen LogP contribution < -0.4 is 5.73 Å². The topological polar surface area (TPSA) is 72.1 Å². The summed E-state index contributed by atoms with van der Waals surface area (Å²) in [7, 11) is 0. The molecule has 2 aromatic rings. The summed E-state index contributed by atoms with van der Waals surface area (Å²) in [5, 5.41) is 8.59. The highest BCUT2D eigenvalue weighted by Crippen LogP contribution is 2.30. The maximum absolute atomic E-state index is 12.6. The first kappa shape index (κ1) is 16.2. The SMILES string of the molecule is NC1CCN(C(=O)c2ccc(-c3cccc4c3CCCC4)nn2)CC1. The van der Waals surface area contributed by atoms with Crippen molar-refractivity contribution >= 4 is 5.91 Å². The van der Waals surface area contributed by atoms with Gasteiger partial charge in [-0.2, -0.15) is 0 Å². The van der Waals surface area contributed by atoms with Gasteiger partial charge in [0.25, 0.3) is 5.91 Å². The second-order valence-corrected chi connectivity index (χ2v) is 7.08. The summed E-state index contributed by atoms with van der Waals surface area (Å²) < 4.78 is 0. The molecule has 0 atom stereocenters. The Morgan fingerprint density at radius 2 is 1.84 bits per heavy atom. The van der Waals surface area contributed by atoms with Crippen LogP contribution in [0.5, 0.6) is 0 Å². The monoisotopic (exact) mass is 336 g/mol. The molecular weight excluding hydrogens is 312 g/mol. The summed E-state index contributed by atoms with van der Waals surface area (Å²) in [4.78, 5) is 14.4. The van der Waals surface area contributed by atoms with Gasteiger partial charge >= 0.3 is 0 Å². The van der Waals surface area contributed by atoms with E-state index >= 15 is 0 Å². The second-order valence-electron chi connectivity index (χ2n) is 7.08. The smallest absolute Gasteiger partial charge is 0.274 e. The number of carbonyl (C=O) groups is 1. The molecule has 2 heterocycles. The van der Waals surface area contributed by atoms with Crippen molar-refractivity contribution in [1.82, 2.24) is 15.1 Å². The van der Waals surface area contributed by atoms with Crippen LogP contribution in [-0.4, -0.2) is 40.1 Å². The van der Waals surface area contributed by atoms with Gasteiger partial charge in [-0.15, -0.1) is 10.2 Å². The first-order valence-corrected chi connectivity index (χ1v) is 9.22. The molecule has 1 saturated heterocycles. The zero-order chi connectivity index (χ0) is 17.2. The molecule has 130 valence electrons. The lowest BCUT2D eigenvalue weighted by Crippen LogP contribution is -2.43. The van der Waals surface area contributed by atoms with Crippen LogP contribution >= 0.6 is 0 Å². The number of hydrogen-bond donors (Lipinski definition) is 1. The molecule has 1 fully saturated rings. The number of rotatable bonds is 2. The predicted octanol–water partition coefficient (Wildman–Crippen LogP) is 2.59. The number of hydrogen-bond acceptors (Lipinski definition) is 4. The number of fused-ring (bicyclic) bond motifs is 1. The minimum absolute atomic E-state index is 0.0407. The van der Waals surface area contributed by atoms with Crippen LogP contribution in [0, 0.1) is 0 Å². The minimum Gasteiger partial charge on any atom is -0.337 e. The van der Waals surface area contributed by atoms with Gasteiger partial charge < -0.3 is 10.6 Å². The Hall–Kier alpha value is -2.27. The Morgan fingerprint density at radius 3 is 2.60 bits per heavy atom. The molecule has 25 heavy (non-hydrogen) atoms. The average Bonchev–Trinajstić information content (AvgIpc) is 2.68. The van der Waals surface area contributed by atoms with Crippen LogP contribution in [0.4, 0.5) is 0 Å². The molecule has 2 aliphatic rings. The van der Waals surface area contributed by atoms with Crippen LogP contribution in [-0.2, 0) is 12.8 Å². The van der Waals surface area contributed by atoms with Gasteiger partial charge in [-0.05, 0) is 61.8 Å². The van der Waals surface area contributed by atoms with Crippen molar-refractivity contribution in [2.75, 3.05) is 13.1 Å². The maximum atomic E-state index is 12.6. The van der Waals surface area contributed by atoms with Crippen molar-refractivity contribution in [3.63, 3.8) is 0 Å². The highest BCUT2D eigenvalue weighted by molar-refractivity contribution is 5.92. The molecule has 1 aliphatic carbocycles. The highest BCUT2D eigenvalue weighted by atomic mass is 16.2. The Labute approximate surface area is 148 Å². The van der Waals surface area contributed by atoms with Gasteiger partial charge in [0.2, 0.25) is 0 Å².